The van der Waals surface area contributed by atoms with Gasteiger partial charge in [-0.3, -0.25) is 4.79 Å². The first kappa shape index (κ1) is 16.2. The van der Waals surface area contributed by atoms with Crippen LogP contribution in [-0.2, 0) is 4.79 Å². The quantitative estimate of drug-likeness (QED) is 0.903. The summed E-state index contributed by atoms with van der Waals surface area (Å²) >= 11 is 0. The number of amides is 1. The molecule has 126 valence electrons. The molecule has 0 bridgehead atoms. The first-order valence-electron chi connectivity index (χ1n) is 7.94. The predicted molar refractivity (Wildman–Crippen MR) is 91.1 cm³/mol. The van der Waals surface area contributed by atoms with Gasteiger partial charge >= 0.3 is 0 Å². The van der Waals surface area contributed by atoms with E-state index < -0.39 is 5.82 Å². The van der Waals surface area contributed by atoms with E-state index in [0.29, 0.717) is 25.9 Å². The number of nitrogens with zero attached hydrogens (tertiary/aromatic N) is 3. The lowest BCUT2D eigenvalue weighted by atomic mass is 9.95. The average molecular weight is 329 g/mol. The van der Waals surface area contributed by atoms with Crippen LogP contribution in [0.2, 0.25) is 0 Å². The molecule has 0 radical (unpaired) electrons. The number of carbonyl (C=O) groups excluding carboxylic acids is 1. The van der Waals surface area contributed by atoms with E-state index in [1.807, 2.05) is 13.0 Å². The molecule has 0 unspecified atom stereocenters. The normalized spacial score (nSPS) is 15.3. The SMILES string of the molecule is Cc1cc(N2CCC(C(=O)Nc3ccccc3F)CC2)nc(N)n1. The second kappa shape index (κ2) is 6.82. The van der Waals surface area contributed by atoms with Crippen molar-refractivity contribution in [1.82, 2.24) is 9.97 Å². The molecular formula is C17H20FN5O. The van der Waals surface area contributed by atoms with Crippen LogP contribution < -0.4 is 16.0 Å². The van der Waals surface area contributed by atoms with Crippen LogP contribution in [0.5, 0.6) is 0 Å². The molecule has 6 nitrogen and oxygen atoms in total. The molecule has 3 N–H and O–H groups in total. The summed E-state index contributed by atoms with van der Waals surface area (Å²) in [6.07, 6.45) is 1.37. The van der Waals surface area contributed by atoms with E-state index in [9.17, 15) is 9.18 Å². The van der Waals surface area contributed by atoms with E-state index in [0.717, 1.165) is 11.5 Å². The molecule has 3 rings (SSSR count). The van der Waals surface area contributed by atoms with Gasteiger partial charge in [0, 0.05) is 30.8 Å². The number of nitrogen functional groups attached to an aromatic ring is 1. The number of aryl methyl sites for hydroxylation is 1. The van der Waals surface area contributed by atoms with Gasteiger partial charge in [0.15, 0.2) is 0 Å². The highest BCUT2D eigenvalue weighted by Gasteiger charge is 2.26. The molecule has 1 saturated heterocycles. The maximum atomic E-state index is 13.6. The lowest BCUT2D eigenvalue weighted by Gasteiger charge is -2.32. The number of nitrogens with one attached hydrogen (secondary N) is 1. The number of benzene rings is 1. The zero-order chi connectivity index (χ0) is 17.1. The van der Waals surface area contributed by atoms with Crippen molar-refractivity contribution in [1.29, 1.82) is 0 Å². The summed E-state index contributed by atoms with van der Waals surface area (Å²) in [5, 5.41) is 2.67. The van der Waals surface area contributed by atoms with Gasteiger partial charge in [-0.25, -0.2) is 9.37 Å². The molecule has 1 amide bonds. The Balaban J connectivity index is 1.60. The summed E-state index contributed by atoms with van der Waals surface area (Å²) in [7, 11) is 0. The Morgan fingerprint density at radius 1 is 1.29 bits per heavy atom. The molecule has 0 aliphatic carbocycles. The molecule has 1 aliphatic heterocycles. The average Bonchev–Trinajstić information content (AvgIpc) is 2.56. The summed E-state index contributed by atoms with van der Waals surface area (Å²) in [5.74, 6) is 0.340. The molecule has 2 heterocycles. The number of hydrogen-bond donors (Lipinski definition) is 2. The molecule has 1 aromatic heterocycles. The second-order valence-corrected chi connectivity index (χ2v) is 5.96. The zero-order valence-corrected chi connectivity index (χ0v) is 13.5. The number of para-hydroxylation sites is 1. The molecule has 1 aliphatic rings. The lowest BCUT2D eigenvalue weighted by molar-refractivity contribution is -0.120. The number of rotatable bonds is 3. The monoisotopic (exact) mass is 329 g/mol. The van der Waals surface area contributed by atoms with Gasteiger partial charge in [0.25, 0.3) is 0 Å². The molecule has 1 aromatic carbocycles. The summed E-state index contributed by atoms with van der Waals surface area (Å²) < 4.78 is 13.6. The maximum absolute atomic E-state index is 13.6. The third-order valence-corrected chi connectivity index (χ3v) is 4.18. The Morgan fingerprint density at radius 3 is 2.67 bits per heavy atom. The van der Waals surface area contributed by atoms with Crippen LogP contribution in [0, 0.1) is 18.7 Å². The van der Waals surface area contributed by atoms with E-state index in [1.54, 1.807) is 18.2 Å². The first-order chi connectivity index (χ1) is 11.5. The Morgan fingerprint density at radius 2 is 2.00 bits per heavy atom. The highest BCUT2D eigenvalue weighted by atomic mass is 19.1. The molecule has 1 fully saturated rings. The van der Waals surface area contributed by atoms with Crippen molar-refractivity contribution in [2.45, 2.75) is 19.8 Å². The summed E-state index contributed by atoms with van der Waals surface area (Å²) in [5.41, 5.74) is 6.74. The van der Waals surface area contributed by atoms with Crippen molar-refractivity contribution >= 4 is 23.4 Å². The van der Waals surface area contributed by atoms with E-state index in [1.165, 1.54) is 6.07 Å². The molecule has 0 saturated carbocycles. The first-order valence-corrected chi connectivity index (χ1v) is 7.94. The Kier molecular flexibility index (Phi) is 4.59. The minimum absolute atomic E-state index is 0.138. The van der Waals surface area contributed by atoms with Crippen LogP contribution in [0.4, 0.5) is 21.8 Å². The van der Waals surface area contributed by atoms with Crippen LogP contribution >= 0.6 is 0 Å². The molecule has 2 aromatic rings. The Hall–Kier alpha value is -2.70. The fraction of sp³-hybridized carbons (Fsp3) is 0.353. The molecule has 0 spiro atoms. The summed E-state index contributed by atoms with van der Waals surface area (Å²) in [4.78, 5) is 22.7. The minimum Gasteiger partial charge on any atom is -0.368 e. The zero-order valence-electron chi connectivity index (χ0n) is 13.5. The van der Waals surface area contributed by atoms with Gasteiger partial charge in [-0.15, -0.1) is 0 Å². The molecule has 7 heteroatoms. The van der Waals surface area contributed by atoms with Crippen LogP contribution in [0.1, 0.15) is 18.5 Å². The van der Waals surface area contributed by atoms with Crippen molar-refractivity contribution in [2.75, 3.05) is 29.0 Å². The van der Waals surface area contributed by atoms with E-state index in [-0.39, 0.29) is 23.5 Å². The second-order valence-electron chi connectivity index (χ2n) is 5.96. The Bertz CT molecular complexity index is 723. The van der Waals surface area contributed by atoms with Crippen molar-refractivity contribution in [2.24, 2.45) is 5.92 Å². The van der Waals surface area contributed by atoms with Crippen molar-refractivity contribution in [3.05, 3.63) is 41.8 Å². The lowest BCUT2D eigenvalue weighted by Crippen LogP contribution is -2.38. The fourth-order valence-corrected chi connectivity index (χ4v) is 2.90. The van der Waals surface area contributed by atoms with E-state index in [2.05, 4.69) is 20.2 Å². The van der Waals surface area contributed by atoms with Crippen molar-refractivity contribution in [3.63, 3.8) is 0 Å². The third-order valence-electron chi connectivity index (χ3n) is 4.18. The van der Waals surface area contributed by atoms with Crippen LogP contribution in [-0.4, -0.2) is 29.0 Å². The largest absolute Gasteiger partial charge is 0.368 e. The van der Waals surface area contributed by atoms with Gasteiger partial charge in [-0.05, 0) is 31.9 Å². The standard InChI is InChI=1S/C17H20FN5O/c1-11-10-15(22-17(19)20-11)23-8-6-12(7-9-23)16(24)21-14-5-3-2-4-13(14)18/h2-5,10,12H,6-9H2,1H3,(H,21,24)(H2,19,20,22). The third kappa shape index (κ3) is 3.61. The maximum Gasteiger partial charge on any atom is 0.227 e. The number of halogens is 1. The van der Waals surface area contributed by atoms with Gasteiger partial charge in [-0.1, -0.05) is 12.1 Å². The van der Waals surface area contributed by atoms with Crippen molar-refractivity contribution in [3.8, 4) is 0 Å². The molecule has 0 atom stereocenters. The van der Waals surface area contributed by atoms with E-state index in [4.69, 9.17) is 5.73 Å². The fourth-order valence-electron chi connectivity index (χ4n) is 2.90. The number of aromatic nitrogens is 2. The molecular weight excluding hydrogens is 309 g/mol. The minimum atomic E-state index is -0.421. The highest BCUT2D eigenvalue weighted by molar-refractivity contribution is 5.92. The van der Waals surface area contributed by atoms with Crippen LogP contribution in [0.25, 0.3) is 0 Å². The number of piperidine rings is 1. The van der Waals surface area contributed by atoms with E-state index >= 15 is 0 Å². The number of carbonyl (C=O) groups is 1. The number of hydrogen-bond acceptors (Lipinski definition) is 5. The van der Waals surface area contributed by atoms with Crippen LogP contribution in [0.15, 0.2) is 30.3 Å². The van der Waals surface area contributed by atoms with Gasteiger partial charge in [0.1, 0.15) is 11.6 Å². The topological polar surface area (TPSA) is 84.1 Å². The summed E-state index contributed by atoms with van der Waals surface area (Å²) in [6, 6.07) is 8.08. The number of nitrogens with two attached hydrogens (primary N) is 1. The van der Waals surface area contributed by atoms with Gasteiger partial charge < -0.3 is 16.0 Å². The van der Waals surface area contributed by atoms with Gasteiger partial charge in [-0.2, -0.15) is 4.98 Å². The predicted octanol–water partition coefficient (Wildman–Crippen LogP) is 2.36. The molecule has 24 heavy (non-hydrogen) atoms. The number of anilines is 3. The van der Waals surface area contributed by atoms with Crippen molar-refractivity contribution < 1.29 is 9.18 Å². The Labute approximate surface area is 139 Å². The summed E-state index contributed by atoms with van der Waals surface area (Å²) in [6.45, 7) is 3.27. The smallest absolute Gasteiger partial charge is 0.227 e. The highest BCUT2D eigenvalue weighted by Crippen LogP contribution is 2.24. The van der Waals surface area contributed by atoms with Crippen LogP contribution in [0.3, 0.4) is 0 Å². The van der Waals surface area contributed by atoms with Gasteiger partial charge in [0.2, 0.25) is 11.9 Å². The van der Waals surface area contributed by atoms with Gasteiger partial charge in [0.05, 0.1) is 5.69 Å².